The summed E-state index contributed by atoms with van der Waals surface area (Å²) in [5.74, 6) is 1.66. The number of hydrazone groups is 1. The molecule has 0 saturated heterocycles. The lowest BCUT2D eigenvalue weighted by atomic mass is 10.0. The molecule has 144 valence electrons. The van der Waals surface area contributed by atoms with Gasteiger partial charge in [0.05, 0.1) is 19.9 Å². The fourth-order valence-electron chi connectivity index (χ4n) is 2.71. The van der Waals surface area contributed by atoms with E-state index in [0.717, 1.165) is 22.1 Å². The number of benzene rings is 3. The van der Waals surface area contributed by atoms with Crippen molar-refractivity contribution in [2.75, 3.05) is 20.3 Å². The summed E-state index contributed by atoms with van der Waals surface area (Å²) >= 11 is 0. The number of carbonyl (C=O) groups excluding carboxylic acids is 1. The highest BCUT2D eigenvalue weighted by Gasteiger charge is 2.07. The molecule has 0 spiro atoms. The number of methoxy groups -OCH3 is 1. The van der Waals surface area contributed by atoms with Crippen LogP contribution in [0.15, 0.2) is 65.8 Å². The number of nitrogens with one attached hydrogen (secondary N) is 1. The van der Waals surface area contributed by atoms with Gasteiger partial charge in [-0.2, -0.15) is 5.10 Å². The molecule has 3 rings (SSSR count). The summed E-state index contributed by atoms with van der Waals surface area (Å²) in [7, 11) is 1.59. The van der Waals surface area contributed by atoms with Gasteiger partial charge < -0.3 is 14.2 Å². The maximum atomic E-state index is 12.0. The van der Waals surface area contributed by atoms with Crippen LogP contribution in [0.3, 0.4) is 0 Å². The summed E-state index contributed by atoms with van der Waals surface area (Å²) in [6.45, 7) is 2.33. The maximum absolute atomic E-state index is 12.0. The zero-order chi connectivity index (χ0) is 19.8. The SMILES string of the molecule is CCOc1ccc2ccccc2c1C=NNC(=O)COc1ccc(OC)cc1. The Kier molecular flexibility index (Phi) is 6.46. The van der Waals surface area contributed by atoms with Gasteiger partial charge in [-0.05, 0) is 48.0 Å². The van der Waals surface area contributed by atoms with Crippen LogP contribution in [0.4, 0.5) is 0 Å². The third-order valence-electron chi connectivity index (χ3n) is 4.04. The number of hydrogen-bond acceptors (Lipinski definition) is 5. The molecule has 0 aliphatic carbocycles. The number of ether oxygens (including phenoxy) is 3. The minimum Gasteiger partial charge on any atom is -0.497 e. The van der Waals surface area contributed by atoms with E-state index in [2.05, 4.69) is 10.5 Å². The predicted molar refractivity (Wildman–Crippen MR) is 109 cm³/mol. The van der Waals surface area contributed by atoms with Crippen molar-refractivity contribution in [1.82, 2.24) is 5.43 Å². The average molecular weight is 378 g/mol. The molecule has 0 aromatic heterocycles. The molecule has 0 fully saturated rings. The van der Waals surface area contributed by atoms with E-state index in [4.69, 9.17) is 14.2 Å². The third-order valence-corrected chi connectivity index (χ3v) is 4.04. The molecule has 3 aromatic carbocycles. The molecule has 0 unspecified atom stereocenters. The number of fused-ring (bicyclic) bond motifs is 1. The van der Waals surface area contributed by atoms with Crippen molar-refractivity contribution in [1.29, 1.82) is 0 Å². The molecule has 6 nitrogen and oxygen atoms in total. The van der Waals surface area contributed by atoms with Gasteiger partial charge in [-0.25, -0.2) is 5.43 Å². The van der Waals surface area contributed by atoms with Crippen LogP contribution < -0.4 is 19.6 Å². The quantitative estimate of drug-likeness (QED) is 0.478. The molecule has 0 aliphatic heterocycles. The van der Waals surface area contributed by atoms with Gasteiger partial charge in [0.2, 0.25) is 0 Å². The summed E-state index contributed by atoms with van der Waals surface area (Å²) in [6, 6.07) is 18.8. The summed E-state index contributed by atoms with van der Waals surface area (Å²) in [6.07, 6.45) is 1.60. The molecule has 3 aromatic rings. The first-order chi connectivity index (χ1) is 13.7. The first-order valence-electron chi connectivity index (χ1n) is 8.94. The summed E-state index contributed by atoms with van der Waals surface area (Å²) in [5.41, 5.74) is 3.30. The van der Waals surface area contributed by atoms with Crippen molar-refractivity contribution in [3.05, 3.63) is 66.2 Å². The van der Waals surface area contributed by atoms with Gasteiger partial charge in [-0.3, -0.25) is 4.79 Å². The Morgan fingerprint density at radius 2 is 1.75 bits per heavy atom. The van der Waals surface area contributed by atoms with Crippen molar-refractivity contribution in [3.8, 4) is 17.2 Å². The Bertz CT molecular complexity index is 968. The summed E-state index contributed by atoms with van der Waals surface area (Å²) in [5, 5.41) is 6.14. The molecule has 0 saturated carbocycles. The highest BCUT2D eigenvalue weighted by molar-refractivity contribution is 6.02. The summed E-state index contributed by atoms with van der Waals surface area (Å²) < 4.78 is 16.2. The van der Waals surface area contributed by atoms with Crippen molar-refractivity contribution in [2.45, 2.75) is 6.92 Å². The van der Waals surface area contributed by atoms with Crippen molar-refractivity contribution >= 4 is 22.9 Å². The first-order valence-corrected chi connectivity index (χ1v) is 8.94. The van der Waals surface area contributed by atoms with E-state index in [0.29, 0.717) is 18.1 Å². The van der Waals surface area contributed by atoms with Crippen molar-refractivity contribution < 1.29 is 19.0 Å². The lowest BCUT2D eigenvalue weighted by Crippen LogP contribution is -2.24. The smallest absolute Gasteiger partial charge is 0.277 e. The van der Waals surface area contributed by atoms with Crippen LogP contribution in [-0.2, 0) is 4.79 Å². The fourth-order valence-corrected chi connectivity index (χ4v) is 2.71. The second kappa shape index (κ2) is 9.41. The second-order valence-electron chi connectivity index (χ2n) is 5.89. The molecule has 28 heavy (non-hydrogen) atoms. The highest BCUT2D eigenvalue weighted by Crippen LogP contribution is 2.26. The molecule has 6 heteroatoms. The zero-order valence-corrected chi connectivity index (χ0v) is 15.8. The lowest BCUT2D eigenvalue weighted by molar-refractivity contribution is -0.123. The number of amides is 1. The molecular weight excluding hydrogens is 356 g/mol. The van der Waals surface area contributed by atoms with Gasteiger partial charge >= 0.3 is 0 Å². The van der Waals surface area contributed by atoms with E-state index in [-0.39, 0.29) is 12.5 Å². The molecule has 0 aliphatic rings. The van der Waals surface area contributed by atoms with Gasteiger partial charge in [0, 0.05) is 5.56 Å². The van der Waals surface area contributed by atoms with E-state index >= 15 is 0 Å². The molecule has 1 amide bonds. The molecule has 0 heterocycles. The number of hydrogen-bond donors (Lipinski definition) is 1. The topological polar surface area (TPSA) is 69.2 Å². The Morgan fingerprint density at radius 3 is 2.50 bits per heavy atom. The normalized spacial score (nSPS) is 10.8. The van der Waals surface area contributed by atoms with E-state index < -0.39 is 0 Å². The van der Waals surface area contributed by atoms with Gasteiger partial charge in [-0.1, -0.05) is 30.3 Å². The second-order valence-corrected chi connectivity index (χ2v) is 5.89. The average Bonchev–Trinajstić information content (AvgIpc) is 2.74. The van der Waals surface area contributed by atoms with Gasteiger partial charge in [0.25, 0.3) is 5.91 Å². The number of rotatable bonds is 8. The molecule has 1 N–H and O–H groups in total. The molecule has 0 bridgehead atoms. The van der Waals surface area contributed by atoms with Crippen LogP contribution in [0.1, 0.15) is 12.5 Å². The Balaban J connectivity index is 1.64. The fraction of sp³-hybridized carbons (Fsp3) is 0.182. The number of carbonyl (C=O) groups is 1. The molecule has 0 atom stereocenters. The van der Waals surface area contributed by atoms with E-state index in [1.807, 2.05) is 43.3 Å². The van der Waals surface area contributed by atoms with Crippen molar-refractivity contribution in [2.24, 2.45) is 5.10 Å². The van der Waals surface area contributed by atoms with Gasteiger partial charge in [0.1, 0.15) is 17.2 Å². The number of nitrogens with zero attached hydrogens (tertiary/aromatic N) is 1. The Labute approximate surface area is 163 Å². The van der Waals surface area contributed by atoms with Gasteiger partial charge in [0.15, 0.2) is 6.61 Å². The van der Waals surface area contributed by atoms with E-state index in [1.54, 1.807) is 37.6 Å². The standard InChI is InChI=1S/C22H22N2O4/c1-3-27-21-13-8-16-6-4-5-7-19(16)20(21)14-23-24-22(25)15-28-18-11-9-17(26-2)10-12-18/h4-14H,3,15H2,1-2H3,(H,24,25). The van der Waals surface area contributed by atoms with Crippen LogP contribution in [0.2, 0.25) is 0 Å². The largest absolute Gasteiger partial charge is 0.497 e. The van der Waals surface area contributed by atoms with Crippen molar-refractivity contribution in [3.63, 3.8) is 0 Å². The Morgan fingerprint density at radius 1 is 1.00 bits per heavy atom. The molecular formula is C22H22N2O4. The van der Waals surface area contributed by atoms with Crippen LogP contribution >= 0.6 is 0 Å². The minimum absolute atomic E-state index is 0.141. The molecule has 0 radical (unpaired) electrons. The first kappa shape index (κ1) is 19.2. The predicted octanol–water partition coefficient (Wildman–Crippen LogP) is 3.78. The minimum atomic E-state index is -0.356. The highest BCUT2D eigenvalue weighted by atomic mass is 16.5. The van der Waals surface area contributed by atoms with E-state index in [1.165, 1.54) is 0 Å². The van der Waals surface area contributed by atoms with Crippen LogP contribution in [0.5, 0.6) is 17.2 Å². The third kappa shape index (κ3) is 4.79. The van der Waals surface area contributed by atoms with Gasteiger partial charge in [-0.15, -0.1) is 0 Å². The zero-order valence-electron chi connectivity index (χ0n) is 15.8. The van der Waals surface area contributed by atoms with Crippen LogP contribution in [0.25, 0.3) is 10.8 Å². The summed E-state index contributed by atoms with van der Waals surface area (Å²) in [4.78, 5) is 12.0. The van der Waals surface area contributed by atoms with Crippen LogP contribution in [0, 0.1) is 0 Å². The lowest BCUT2D eigenvalue weighted by Gasteiger charge is -2.10. The monoisotopic (exact) mass is 378 g/mol. The Hall–Kier alpha value is -3.54. The van der Waals surface area contributed by atoms with E-state index in [9.17, 15) is 4.79 Å². The van der Waals surface area contributed by atoms with Crippen LogP contribution in [-0.4, -0.2) is 32.4 Å². The maximum Gasteiger partial charge on any atom is 0.277 e.